The number of aromatic nitrogens is 2. The van der Waals surface area contributed by atoms with Crippen molar-refractivity contribution in [2.24, 2.45) is 5.92 Å². The van der Waals surface area contributed by atoms with Gasteiger partial charge in [0.1, 0.15) is 5.69 Å². The molecule has 1 saturated heterocycles. The number of amides is 1. The highest BCUT2D eigenvalue weighted by Gasteiger charge is 2.37. The SMILES string of the molecule is CNc1ccnc(-c2c[nH]c(=O)c(N(CC3CC3)C3CN(C(=O)/C=C/CNC(C)C)C3)c2)c1. The summed E-state index contributed by atoms with van der Waals surface area (Å²) in [6.07, 6.45) is 9.38. The summed E-state index contributed by atoms with van der Waals surface area (Å²) >= 11 is 0. The fourth-order valence-electron chi connectivity index (χ4n) is 4.00. The van der Waals surface area contributed by atoms with Crippen molar-refractivity contribution < 1.29 is 4.79 Å². The maximum atomic E-state index is 12.8. The topological polar surface area (TPSA) is 93.4 Å². The van der Waals surface area contributed by atoms with Gasteiger partial charge in [0.25, 0.3) is 5.56 Å². The quantitative estimate of drug-likeness (QED) is 0.482. The van der Waals surface area contributed by atoms with Crippen molar-refractivity contribution >= 4 is 17.3 Å². The molecule has 1 aliphatic carbocycles. The van der Waals surface area contributed by atoms with Gasteiger partial charge in [-0.25, -0.2) is 0 Å². The smallest absolute Gasteiger partial charge is 0.271 e. The zero-order valence-corrected chi connectivity index (χ0v) is 19.7. The highest BCUT2D eigenvalue weighted by molar-refractivity contribution is 5.88. The molecule has 0 unspecified atom stereocenters. The molecule has 4 rings (SSSR count). The molecule has 2 fully saturated rings. The zero-order valence-electron chi connectivity index (χ0n) is 19.7. The van der Waals surface area contributed by atoms with Gasteiger partial charge < -0.3 is 25.4 Å². The second-order valence-corrected chi connectivity index (χ2v) is 9.24. The lowest BCUT2D eigenvalue weighted by Gasteiger charge is -2.46. The minimum Gasteiger partial charge on any atom is -0.388 e. The van der Waals surface area contributed by atoms with E-state index in [2.05, 4.69) is 39.3 Å². The van der Waals surface area contributed by atoms with Crippen molar-refractivity contribution in [3.63, 3.8) is 0 Å². The summed E-state index contributed by atoms with van der Waals surface area (Å²) in [6, 6.07) is 6.34. The van der Waals surface area contributed by atoms with E-state index in [1.54, 1.807) is 18.5 Å². The van der Waals surface area contributed by atoms with Crippen LogP contribution in [-0.2, 0) is 4.79 Å². The van der Waals surface area contributed by atoms with Gasteiger partial charge in [0.2, 0.25) is 5.91 Å². The van der Waals surface area contributed by atoms with Crippen LogP contribution < -0.4 is 21.1 Å². The van der Waals surface area contributed by atoms with Crippen LogP contribution >= 0.6 is 0 Å². The number of aromatic amines is 1. The van der Waals surface area contributed by atoms with Crippen LogP contribution in [0.1, 0.15) is 26.7 Å². The average Bonchev–Trinajstić information content (AvgIpc) is 3.59. The van der Waals surface area contributed by atoms with E-state index in [0.717, 1.165) is 23.5 Å². The predicted molar refractivity (Wildman–Crippen MR) is 133 cm³/mol. The zero-order chi connectivity index (χ0) is 23.4. The predicted octanol–water partition coefficient (Wildman–Crippen LogP) is 2.46. The molecule has 0 radical (unpaired) electrons. The summed E-state index contributed by atoms with van der Waals surface area (Å²) in [5.74, 6) is 0.643. The number of nitrogens with zero attached hydrogens (tertiary/aromatic N) is 3. The number of rotatable bonds is 10. The molecule has 8 heteroatoms. The fraction of sp³-hybridized carbons (Fsp3) is 0.480. The molecule has 3 N–H and O–H groups in total. The van der Waals surface area contributed by atoms with Crippen LogP contribution in [0.15, 0.2) is 47.5 Å². The van der Waals surface area contributed by atoms with E-state index < -0.39 is 0 Å². The number of H-pyrrole nitrogens is 1. The molecule has 2 aliphatic rings. The van der Waals surface area contributed by atoms with Crippen LogP contribution in [-0.4, -0.2) is 66.1 Å². The third kappa shape index (κ3) is 5.82. The molecule has 1 aliphatic heterocycles. The lowest BCUT2D eigenvalue weighted by atomic mass is 10.0. The Balaban J connectivity index is 1.48. The number of carbonyl (C=O) groups excluding carboxylic acids is 1. The molecule has 176 valence electrons. The van der Waals surface area contributed by atoms with Gasteiger partial charge >= 0.3 is 0 Å². The number of hydrogen-bond donors (Lipinski definition) is 3. The van der Waals surface area contributed by atoms with Crippen LogP contribution in [0.4, 0.5) is 11.4 Å². The second kappa shape index (κ2) is 10.2. The molecule has 2 aromatic heterocycles. The molecule has 0 bridgehead atoms. The number of pyridine rings is 2. The number of carbonyl (C=O) groups is 1. The molecular weight excluding hydrogens is 416 g/mol. The van der Waals surface area contributed by atoms with E-state index in [9.17, 15) is 9.59 Å². The molecule has 2 aromatic rings. The number of likely N-dealkylation sites (tertiary alicyclic amines) is 1. The molecule has 0 atom stereocenters. The van der Waals surface area contributed by atoms with Crippen molar-refractivity contribution in [3.8, 4) is 11.3 Å². The minimum absolute atomic E-state index is 0.0268. The first-order chi connectivity index (χ1) is 15.9. The van der Waals surface area contributed by atoms with Crippen molar-refractivity contribution in [1.29, 1.82) is 0 Å². The third-order valence-corrected chi connectivity index (χ3v) is 6.21. The molecule has 1 amide bonds. The van der Waals surface area contributed by atoms with Crippen molar-refractivity contribution in [3.05, 3.63) is 53.1 Å². The fourth-order valence-corrected chi connectivity index (χ4v) is 4.00. The minimum atomic E-state index is -0.103. The Kier molecular flexibility index (Phi) is 7.13. The van der Waals surface area contributed by atoms with Gasteiger partial charge in [-0.3, -0.25) is 14.6 Å². The van der Waals surface area contributed by atoms with Crippen molar-refractivity contribution in [1.82, 2.24) is 20.2 Å². The highest BCUT2D eigenvalue weighted by atomic mass is 16.2. The lowest BCUT2D eigenvalue weighted by molar-refractivity contribution is -0.130. The molecular formula is C25H34N6O2. The molecule has 0 aromatic carbocycles. The normalized spacial score (nSPS) is 16.3. The first kappa shape index (κ1) is 23.0. The molecule has 1 saturated carbocycles. The Hall–Kier alpha value is -3.13. The largest absolute Gasteiger partial charge is 0.388 e. The molecule has 0 spiro atoms. The van der Waals surface area contributed by atoms with Crippen LogP contribution in [0.5, 0.6) is 0 Å². The standard InChI is InChI=1S/C25H34N6O2/c1-17(2)27-9-4-5-24(32)30-15-21(16-30)31(14-18-6-7-18)23-11-19(13-29-25(23)33)22-12-20(26-3)8-10-28-22/h4-5,8,10-13,17-18,21,27H,6-7,9,14-16H2,1-3H3,(H,26,28)(H,29,33)/b5-4+. The summed E-state index contributed by atoms with van der Waals surface area (Å²) in [7, 11) is 1.87. The van der Waals surface area contributed by atoms with Crippen LogP contribution in [0, 0.1) is 5.92 Å². The molecule has 8 nitrogen and oxygen atoms in total. The Morgan fingerprint density at radius 1 is 1.33 bits per heavy atom. The maximum Gasteiger partial charge on any atom is 0.271 e. The Labute approximate surface area is 195 Å². The van der Waals surface area contributed by atoms with Crippen LogP contribution in [0.2, 0.25) is 0 Å². The van der Waals surface area contributed by atoms with E-state index in [1.807, 2.05) is 36.2 Å². The van der Waals surface area contributed by atoms with E-state index >= 15 is 0 Å². The molecule has 3 heterocycles. The van der Waals surface area contributed by atoms with E-state index in [1.165, 1.54) is 12.8 Å². The van der Waals surface area contributed by atoms with Crippen molar-refractivity contribution in [2.45, 2.75) is 38.8 Å². The Morgan fingerprint density at radius 3 is 2.82 bits per heavy atom. The van der Waals surface area contributed by atoms with Gasteiger partial charge in [-0.2, -0.15) is 0 Å². The average molecular weight is 451 g/mol. The van der Waals surface area contributed by atoms with Gasteiger partial charge in [-0.15, -0.1) is 0 Å². The first-order valence-corrected chi connectivity index (χ1v) is 11.8. The van der Waals surface area contributed by atoms with Gasteiger partial charge in [-0.1, -0.05) is 19.9 Å². The summed E-state index contributed by atoms with van der Waals surface area (Å²) in [5, 5.41) is 6.40. The van der Waals surface area contributed by atoms with Crippen molar-refractivity contribution in [2.75, 3.05) is 43.4 Å². The Morgan fingerprint density at radius 2 is 2.12 bits per heavy atom. The van der Waals surface area contributed by atoms with Crippen LogP contribution in [0.25, 0.3) is 11.3 Å². The number of hydrogen-bond acceptors (Lipinski definition) is 6. The number of anilines is 2. The van der Waals surface area contributed by atoms with E-state index in [0.29, 0.717) is 37.3 Å². The van der Waals surface area contributed by atoms with Gasteiger partial charge in [0.15, 0.2) is 0 Å². The van der Waals surface area contributed by atoms with E-state index in [4.69, 9.17) is 0 Å². The van der Waals surface area contributed by atoms with Gasteiger partial charge in [0.05, 0.1) is 11.7 Å². The van der Waals surface area contributed by atoms with Gasteiger partial charge in [-0.05, 0) is 37.0 Å². The van der Waals surface area contributed by atoms with Crippen LogP contribution in [0.3, 0.4) is 0 Å². The monoisotopic (exact) mass is 450 g/mol. The summed E-state index contributed by atoms with van der Waals surface area (Å²) < 4.78 is 0. The lowest BCUT2D eigenvalue weighted by Crippen LogP contribution is -2.62. The summed E-state index contributed by atoms with van der Waals surface area (Å²) in [4.78, 5) is 36.7. The maximum absolute atomic E-state index is 12.8. The Bertz CT molecular complexity index is 1050. The highest BCUT2D eigenvalue weighted by Crippen LogP contribution is 2.34. The third-order valence-electron chi connectivity index (χ3n) is 6.21. The number of nitrogens with one attached hydrogen (secondary N) is 3. The van der Waals surface area contributed by atoms with E-state index in [-0.39, 0.29) is 17.5 Å². The first-order valence-electron chi connectivity index (χ1n) is 11.8. The second-order valence-electron chi connectivity index (χ2n) is 9.24. The molecule has 33 heavy (non-hydrogen) atoms. The summed E-state index contributed by atoms with van der Waals surface area (Å²) in [5.41, 5.74) is 3.19. The van der Waals surface area contributed by atoms with Gasteiger partial charge in [0, 0.05) is 69.0 Å². The summed E-state index contributed by atoms with van der Waals surface area (Å²) in [6.45, 7) is 6.94.